The minimum Gasteiger partial charge on any atom is -0.486 e. The Morgan fingerprint density at radius 2 is 2.05 bits per heavy atom. The Bertz CT molecular complexity index is 639. The minimum atomic E-state index is 0.0174. The summed E-state index contributed by atoms with van der Waals surface area (Å²) in [6.07, 6.45) is 3.57. The highest BCUT2D eigenvalue weighted by molar-refractivity contribution is 9.10. The third-order valence-corrected chi connectivity index (χ3v) is 4.74. The predicted octanol–water partition coefficient (Wildman–Crippen LogP) is 4.93. The second-order valence-corrected chi connectivity index (χ2v) is 6.52. The van der Waals surface area contributed by atoms with Crippen molar-refractivity contribution in [3.8, 4) is 5.75 Å². The van der Waals surface area contributed by atoms with Gasteiger partial charge >= 0.3 is 0 Å². The molecule has 0 heterocycles. The summed E-state index contributed by atoms with van der Waals surface area (Å²) in [5, 5.41) is 0. The van der Waals surface area contributed by atoms with Crippen molar-refractivity contribution in [1.29, 1.82) is 0 Å². The van der Waals surface area contributed by atoms with Gasteiger partial charge in [-0.15, -0.1) is 0 Å². The smallest absolute Gasteiger partial charge is 0.124 e. The van der Waals surface area contributed by atoms with Gasteiger partial charge < -0.3 is 10.5 Å². The number of benzene rings is 2. The SMILES string of the molecule is CC(N)c1ccc(OC2CCCc3ccccc32)cc1Br. The number of hydrogen-bond acceptors (Lipinski definition) is 2. The van der Waals surface area contributed by atoms with E-state index in [-0.39, 0.29) is 12.1 Å². The normalized spacial score (nSPS) is 18.9. The van der Waals surface area contributed by atoms with Crippen LogP contribution in [-0.4, -0.2) is 0 Å². The van der Waals surface area contributed by atoms with Crippen LogP contribution in [0.5, 0.6) is 5.75 Å². The summed E-state index contributed by atoms with van der Waals surface area (Å²) in [6.45, 7) is 1.98. The molecule has 3 rings (SSSR count). The van der Waals surface area contributed by atoms with Gasteiger partial charge in [0, 0.05) is 10.5 Å². The molecule has 0 radical (unpaired) electrons. The maximum Gasteiger partial charge on any atom is 0.124 e. The molecule has 3 heteroatoms. The monoisotopic (exact) mass is 345 g/mol. The van der Waals surface area contributed by atoms with Gasteiger partial charge in [0.1, 0.15) is 11.9 Å². The molecule has 2 unspecified atom stereocenters. The maximum atomic E-state index is 6.23. The molecule has 1 aliphatic carbocycles. The molecule has 110 valence electrons. The van der Waals surface area contributed by atoms with E-state index in [1.165, 1.54) is 17.5 Å². The summed E-state index contributed by atoms with van der Waals surface area (Å²) < 4.78 is 7.24. The first-order valence-corrected chi connectivity index (χ1v) is 8.24. The van der Waals surface area contributed by atoms with E-state index in [4.69, 9.17) is 10.5 Å². The molecule has 1 aliphatic rings. The molecule has 0 fully saturated rings. The van der Waals surface area contributed by atoms with Crippen molar-refractivity contribution in [2.45, 2.75) is 38.3 Å². The lowest BCUT2D eigenvalue weighted by Gasteiger charge is -2.26. The molecule has 0 aliphatic heterocycles. The first-order valence-electron chi connectivity index (χ1n) is 7.44. The van der Waals surface area contributed by atoms with E-state index < -0.39 is 0 Å². The van der Waals surface area contributed by atoms with Gasteiger partial charge in [-0.25, -0.2) is 0 Å². The molecule has 2 aromatic rings. The standard InChI is InChI=1S/C18H20BrNO/c1-12(20)15-10-9-14(11-17(15)19)21-18-8-4-6-13-5-2-3-7-16(13)18/h2-3,5,7,9-12,18H,4,6,8,20H2,1H3. The highest BCUT2D eigenvalue weighted by Gasteiger charge is 2.21. The number of aryl methyl sites for hydroxylation is 1. The molecule has 2 aromatic carbocycles. The first-order chi connectivity index (χ1) is 10.1. The fraction of sp³-hybridized carbons (Fsp3) is 0.333. The van der Waals surface area contributed by atoms with Gasteiger partial charge in [0.2, 0.25) is 0 Å². The van der Waals surface area contributed by atoms with Crippen molar-refractivity contribution in [1.82, 2.24) is 0 Å². The Labute approximate surface area is 134 Å². The number of nitrogens with two attached hydrogens (primary N) is 1. The van der Waals surface area contributed by atoms with Gasteiger partial charge in [-0.3, -0.25) is 0 Å². The van der Waals surface area contributed by atoms with Crippen LogP contribution in [0.15, 0.2) is 46.9 Å². The minimum absolute atomic E-state index is 0.0174. The Morgan fingerprint density at radius 1 is 1.24 bits per heavy atom. The molecule has 2 N–H and O–H groups in total. The van der Waals surface area contributed by atoms with E-state index in [0.29, 0.717) is 0 Å². The number of rotatable bonds is 3. The van der Waals surface area contributed by atoms with E-state index >= 15 is 0 Å². The summed E-state index contributed by atoms with van der Waals surface area (Å²) in [5.74, 6) is 0.896. The maximum absolute atomic E-state index is 6.23. The second-order valence-electron chi connectivity index (χ2n) is 5.67. The summed E-state index contributed by atoms with van der Waals surface area (Å²) in [4.78, 5) is 0. The van der Waals surface area contributed by atoms with E-state index in [1.807, 2.05) is 25.1 Å². The number of hydrogen-bond donors (Lipinski definition) is 1. The largest absolute Gasteiger partial charge is 0.486 e. The molecule has 0 spiro atoms. The van der Waals surface area contributed by atoms with Crippen molar-refractivity contribution in [2.24, 2.45) is 5.73 Å². The Morgan fingerprint density at radius 3 is 2.81 bits per heavy atom. The molecule has 21 heavy (non-hydrogen) atoms. The second kappa shape index (κ2) is 6.20. The van der Waals surface area contributed by atoms with E-state index in [1.54, 1.807) is 0 Å². The third kappa shape index (κ3) is 3.14. The molecular weight excluding hydrogens is 326 g/mol. The van der Waals surface area contributed by atoms with Crippen molar-refractivity contribution in [3.05, 3.63) is 63.6 Å². The lowest BCUT2D eigenvalue weighted by molar-refractivity contribution is 0.183. The molecule has 0 amide bonds. The van der Waals surface area contributed by atoms with E-state index in [9.17, 15) is 0 Å². The van der Waals surface area contributed by atoms with E-state index in [2.05, 4.69) is 40.2 Å². The van der Waals surface area contributed by atoms with Crippen molar-refractivity contribution in [2.75, 3.05) is 0 Å². The van der Waals surface area contributed by atoms with Crippen LogP contribution < -0.4 is 10.5 Å². The lowest BCUT2D eigenvalue weighted by atomic mass is 9.89. The number of fused-ring (bicyclic) bond motifs is 1. The molecule has 0 saturated carbocycles. The Kier molecular flexibility index (Phi) is 4.32. The van der Waals surface area contributed by atoms with E-state index in [0.717, 1.165) is 28.6 Å². The van der Waals surface area contributed by atoms with Gasteiger partial charge in [-0.2, -0.15) is 0 Å². The summed E-state index contributed by atoms with van der Waals surface area (Å²) in [5.41, 5.74) is 9.79. The van der Waals surface area contributed by atoms with Gasteiger partial charge in [-0.1, -0.05) is 46.3 Å². The highest BCUT2D eigenvalue weighted by Crippen LogP contribution is 2.35. The topological polar surface area (TPSA) is 35.2 Å². The molecular formula is C18H20BrNO. The average molecular weight is 346 g/mol. The van der Waals surface area contributed by atoms with Crippen LogP contribution in [-0.2, 0) is 6.42 Å². The summed E-state index contributed by atoms with van der Waals surface area (Å²) in [7, 11) is 0. The molecule has 0 aromatic heterocycles. The Hall–Kier alpha value is -1.32. The van der Waals surface area contributed by atoms with Crippen LogP contribution in [0.4, 0.5) is 0 Å². The number of ether oxygens (including phenoxy) is 1. The molecule has 0 saturated heterocycles. The number of halogens is 1. The third-order valence-electron chi connectivity index (χ3n) is 4.06. The van der Waals surface area contributed by atoms with Gasteiger partial charge in [0.25, 0.3) is 0 Å². The average Bonchev–Trinajstić information content (AvgIpc) is 2.47. The summed E-state index contributed by atoms with van der Waals surface area (Å²) in [6, 6.07) is 14.7. The van der Waals surface area contributed by atoms with Crippen molar-refractivity contribution < 1.29 is 4.74 Å². The molecule has 2 nitrogen and oxygen atoms in total. The lowest BCUT2D eigenvalue weighted by Crippen LogP contribution is -2.15. The Balaban J connectivity index is 1.83. The quantitative estimate of drug-likeness (QED) is 0.856. The zero-order valence-corrected chi connectivity index (χ0v) is 13.8. The van der Waals surface area contributed by atoms with Crippen LogP contribution in [0.1, 0.15) is 48.6 Å². The first kappa shape index (κ1) is 14.6. The van der Waals surface area contributed by atoms with Crippen LogP contribution >= 0.6 is 15.9 Å². The highest BCUT2D eigenvalue weighted by atomic mass is 79.9. The molecule has 0 bridgehead atoms. The predicted molar refractivity (Wildman–Crippen MR) is 89.5 cm³/mol. The zero-order valence-electron chi connectivity index (χ0n) is 12.2. The van der Waals surface area contributed by atoms with Crippen LogP contribution in [0.2, 0.25) is 0 Å². The molecule has 2 atom stereocenters. The van der Waals surface area contributed by atoms with Crippen molar-refractivity contribution in [3.63, 3.8) is 0 Å². The van der Waals surface area contributed by atoms with Gasteiger partial charge in [-0.05, 0) is 55.0 Å². The fourth-order valence-corrected chi connectivity index (χ4v) is 3.67. The zero-order chi connectivity index (χ0) is 14.8. The van der Waals surface area contributed by atoms with Gasteiger partial charge in [0.05, 0.1) is 0 Å². The summed E-state index contributed by atoms with van der Waals surface area (Å²) >= 11 is 3.58. The van der Waals surface area contributed by atoms with Gasteiger partial charge in [0.15, 0.2) is 0 Å². The fourth-order valence-electron chi connectivity index (χ4n) is 2.95. The van der Waals surface area contributed by atoms with Crippen molar-refractivity contribution >= 4 is 15.9 Å². The van der Waals surface area contributed by atoms with Crippen LogP contribution in [0.3, 0.4) is 0 Å². The van der Waals surface area contributed by atoms with Crippen LogP contribution in [0.25, 0.3) is 0 Å². The van der Waals surface area contributed by atoms with Crippen LogP contribution in [0, 0.1) is 0 Å².